The average Bonchev–Trinajstić information content (AvgIpc) is 2.30. The molecule has 1 heterocycles. The average molecular weight is 391 g/mol. The Kier molecular flexibility index (Phi) is 5.20. The van der Waals surface area contributed by atoms with Crippen LogP contribution in [0.15, 0.2) is 6.07 Å². The van der Waals surface area contributed by atoms with E-state index in [-0.39, 0.29) is 21.6 Å². The van der Waals surface area contributed by atoms with Crippen LogP contribution in [0.3, 0.4) is 0 Å². The minimum absolute atomic E-state index is 0.00873. The highest BCUT2D eigenvalue weighted by atomic mass is 127. The summed E-state index contributed by atoms with van der Waals surface area (Å²) in [6, 6.07) is 0.966. The maximum absolute atomic E-state index is 12.3. The van der Waals surface area contributed by atoms with Gasteiger partial charge in [-0.2, -0.15) is 0 Å². The molecule has 0 spiro atoms. The Balaban J connectivity index is 3.21. The molecule has 0 unspecified atom stereocenters. The van der Waals surface area contributed by atoms with Crippen LogP contribution < -0.4 is 9.47 Å². The maximum atomic E-state index is 12.3. The summed E-state index contributed by atoms with van der Waals surface area (Å²) >= 11 is 1.69. The summed E-state index contributed by atoms with van der Waals surface area (Å²) in [6.45, 7) is 0. The smallest absolute Gasteiger partial charge is 0.481 e. The van der Waals surface area contributed by atoms with Crippen LogP contribution in [0.25, 0.3) is 0 Å². The van der Waals surface area contributed by atoms with Crippen molar-refractivity contribution in [2.45, 2.75) is 12.8 Å². The number of methoxy groups -OCH3 is 2. The Morgan fingerprint density at radius 2 is 2.05 bits per heavy atom. The predicted molar refractivity (Wildman–Crippen MR) is 65.9 cm³/mol. The third-order valence-electron chi connectivity index (χ3n) is 1.99. The molecule has 0 aliphatic carbocycles. The van der Waals surface area contributed by atoms with Crippen molar-refractivity contribution in [2.75, 3.05) is 14.2 Å². The minimum atomic E-state index is -4.87. The number of hydrogen-bond acceptors (Lipinski definition) is 5. The van der Waals surface area contributed by atoms with Crippen molar-refractivity contribution in [3.05, 3.63) is 15.3 Å². The van der Waals surface area contributed by atoms with Gasteiger partial charge in [-0.05, 0) is 22.6 Å². The molecular weight excluding hydrogens is 382 g/mol. The quantitative estimate of drug-likeness (QED) is 0.448. The SMILES string of the molecule is COC(=O)Cc1c(OC(F)(F)F)cc(OC)nc1I. The lowest BCUT2D eigenvalue weighted by Crippen LogP contribution is -2.20. The number of halogens is 4. The Morgan fingerprint density at radius 3 is 2.53 bits per heavy atom. The van der Waals surface area contributed by atoms with E-state index in [1.807, 2.05) is 0 Å². The van der Waals surface area contributed by atoms with Crippen LogP contribution in [0.2, 0.25) is 0 Å². The fourth-order valence-corrected chi connectivity index (χ4v) is 1.89. The second-order valence-corrected chi connectivity index (χ2v) is 4.25. The van der Waals surface area contributed by atoms with E-state index in [0.717, 1.165) is 13.2 Å². The fraction of sp³-hybridized carbons (Fsp3) is 0.400. The fourth-order valence-electron chi connectivity index (χ4n) is 1.19. The summed E-state index contributed by atoms with van der Waals surface area (Å²) in [4.78, 5) is 15.1. The van der Waals surface area contributed by atoms with Crippen molar-refractivity contribution in [1.29, 1.82) is 0 Å². The molecule has 5 nitrogen and oxygen atoms in total. The van der Waals surface area contributed by atoms with Crippen LogP contribution in [0.1, 0.15) is 5.56 Å². The number of carbonyl (C=O) groups excluding carboxylic acids is 1. The highest BCUT2D eigenvalue weighted by Gasteiger charge is 2.33. The van der Waals surface area contributed by atoms with Crippen molar-refractivity contribution in [3.8, 4) is 11.6 Å². The van der Waals surface area contributed by atoms with Crippen LogP contribution in [-0.4, -0.2) is 31.5 Å². The van der Waals surface area contributed by atoms with E-state index in [2.05, 4.69) is 14.5 Å². The zero-order chi connectivity index (χ0) is 14.6. The number of ether oxygens (including phenoxy) is 3. The lowest BCUT2D eigenvalue weighted by Gasteiger charge is -2.14. The van der Waals surface area contributed by atoms with E-state index < -0.39 is 18.1 Å². The van der Waals surface area contributed by atoms with E-state index in [0.29, 0.717) is 0 Å². The van der Waals surface area contributed by atoms with Crippen molar-refractivity contribution < 1.29 is 32.2 Å². The Hall–Kier alpha value is -1.26. The number of carbonyl (C=O) groups is 1. The zero-order valence-corrected chi connectivity index (χ0v) is 12.0. The third-order valence-corrected chi connectivity index (χ3v) is 2.89. The Bertz CT molecular complexity index is 479. The monoisotopic (exact) mass is 391 g/mol. The number of nitrogens with zero attached hydrogens (tertiary/aromatic N) is 1. The first-order valence-corrected chi connectivity index (χ1v) is 5.90. The summed E-state index contributed by atoms with van der Waals surface area (Å²) in [5.41, 5.74) is -0.00873. The second-order valence-electron chi connectivity index (χ2n) is 3.23. The standard InChI is InChI=1S/C10H9F3INO4/c1-17-7-4-6(19-10(11,12)13)5(9(14)15-7)3-8(16)18-2/h4H,3H2,1-2H3. The maximum Gasteiger partial charge on any atom is 0.573 e. The van der Waals surface area contributed by atoms with Crippen LogP contribution in [0.5, 0.6) is 11.6 Å². The molecule has 1 rings (SSSR count). The minimum Gasteiger partial charge on any atom is -0.481 e. The first kappa shape index (κ1) is 15.8. The molecule has 9 heteroatoms. The Morgan fingerprint density at radius 1 is 1.42 bits per heavy atom. The number of alkyl halides is 3. The molecule has 0 fully saturated rings. The molecule has 0 bridgehead atoms. The second kappa shape index (κ2) is 6.26. The number of esters is 1. The third kappa shape index (κ3) is 4.73. The van der Waals surface area contributed by atoms with Crippen LogP contribution in [-0.2, 0) is 16.0 Å². The van der Waals surface area contributed by atoms with Gasteiger partial charge in [0.2, 0.25) is 5.88 Å². The van der Waals surface area contributed by atoms with E-state index in [1.54, 1.807) is 22.6 Å². The van der Waals surface area contributed by atoms with Crippen molar-refractivity contribution in [1.82, 2.24) is 4.98 Å². The summed E-state index contributed by atoms with van der Waals surface area (Å²) in [6.07, 6.45) is -5.25. The molecule has 19 heavy (non-hydrogen) atoms. The molecule has 0 radical (unpaired) electrons. The van der Waals surface area contributed by atoms with Gasteiger partial charge >= 0.3 is 12.3 Å². The molecule has 0 aliphatic heterocycles. The largest absolute Gasteiger partial charge is 0.573 e. The van der Waals surface area contributed by atoms with Gasteiger partial charge in [-0.25, -0.2) is 4.98 Å². The van der Waals surface area contributed by atoms with Crippen molar-refractivity contribution >= 4 is 28.6 Å². The Labute approximate surface area is 120 Å². The normalized spacial score (nSPS) is 11.1. The highest BCUT2D eigenvalue weighted by Crippen LogP contribution is 2.32. The molecule has 0 atom stereocenters. The molecule has 0 aliphatic rings. The summed E-state index contributed by atoms with van der Waals surface area (Å²) in [7, 11) is 2.40. The first-order valence-electron chi connectivity index (χ1n) is 4.82. The van der Waals surface area contributed by atoms with Crippen molar-refractivity contribution in [2.24, 2.45) is 0 Å². The van der Waals surface area contributed by atoms with Gasteiger partial charge in [-0.1, -0.05) is 0 Å². The lowest BCUT2D eigenvalue weighted by molar-refractivity contribution is -0.275. The topological polar surface area (TPSA) is 57.7 Å². The number of pyridine rings is 1. The number of hydrogen-bond donors (Lipinski definition) is 0. The molecule has 0 saturated carbocycles. The van der Waals surface area contributed by atoms with Gasteiger partial charge in [-0.3, -0.25) is 4.79 Å². The molecule has 0 amide bonds. The number of aromatic nitrogens is 1. The summed E-state index contributed by atoms with van der Waals surface area (Å²) < 4.78 is 50.1. The molecule has 1 aromatic heterocycles. The van der Waals surface area contributed by atoms with E-state index in [9.17, 15) is 18.0 Å². The zero-order valence-electron chi connectivity index (χ0n) is 9.88. The summed E-state index contributed by atoms with van der Waals surface area (Å²) in [5, 5.41) is 0. The van der Waals surface area contributed by atoms with Gasteiger partial charge in [0.15, 0.2) is 0 Å². The molecule has 0 N–H and O–H groups in total. The highest BCUT2D eigenvalue weighted by molar-refractivity contribution is 14.1. The van der Waals surface area contributed by atoms with Gasteiger partial charge in [0.1, 0.15) is 9.45 Å². The molecule has 0 saturated heterocycles. The molecule has 106 valence electrons. The molecule has 0 aromatic carbocycles. The van der Waals surface area contributed by atoms with E-state index in [4.69, 9.17) is 4.74 Å². The van der Waals surface area contributed by atoms with Crippen LogP contribution in [0.4, 0.5) is 13.2 Å². The predicted octanol–water partition coefficient (Wildman–Crippen LogP) is 2.31. The first-order chi connectivity index (χ1) is 8.76. The summed E-state index contributed by atoms with van der Waals surface area (Å²) in [5.74, 6) is -1.27. The van der Waals surface area contributed by atoms with Crippen LogP contribution in [0, 0.1) is 3.70 Å². The molecular formula is C10H9F3INO4. The van der Waals surface area contributed by atoms with Crippen molar-refractivity contribution in [3.63, 3.8) is 0 Å². The molecule has 1 aromatic rings. The lowest BCUT2D eigenvalue weighted by atomic mass is 10.2. The van der Waals surface area contributed by atoms with Gasteiger partial charge in [0.05, 0.1) is 20.6 Å². The van der Waals surface area contributed by atoms with E-state index in [1.165, 1.54) is 7.11 Å². The van der Waals surface area contributed by atoms with Gasteiger partial charge in [0.25, 0.3) is 0 Å². The van der Waals surface area contributed by atoms with E-state index >= 15 is 0 Å². The van der Waals surface area contributed by atoms with Gasteiger partial charge in [0, 0.05) is 11.6 Å². The van der Waals surface area contributed by atoms with Gasteiger partial charge < -0.3 is 14.2 Å². The van der Waals surface area contributed by atoms with Crippen LogP contribution >= 0.6 is 22.6 Å². The number of rotatable bonds is 4. The van der Waals surface area contributed by atoms with Gasteiger partial charge in [-0.15, -0.1) is 13.2 Å².